The van der Waals surface area contributed by atoms with Gasteiger partial charge in [-0.15, -0.1) is 0 Å². The van der Waals surface area contributed by atoms with Crippen LogP contribution in [0.2, 0.25) is 0 Å². The summed E-state index contributed by atoms with van der Waals surface area (Å²) >= 11 is 0. The highest BCUT2D eigenvalue weighted by Crippen LogP contribution is 2.19. The summed E-state index contributed by atoms with van der Waals surface area (Å²) in [5.74, 6) is 0. The molecule has 1 saturated heterocycles. The Morgan fingerprint density at radius 3 is 2.67 bits per heavy atom. The highest BCUT2D eigenvalue weighted by Gasteiger charge is 2.20. The number of anilines is 1. The predicted molar refractivity (Wildman–Crippen MR) is 73.8 cm³/mol. The van der Waals surface area contributed by atoms with E-state index in [-0.39, 0.29) is 6.61 Å². The molecule has 0 aliphatic carbocycles. The number of pyridine rings is 1. The average Bonchev–Trinajstić information content (AvgIpc) is 2.41. The highest BCUT2D eigenvalue weighted by molar-refractivity contribution is 5.44. The van der Waals surface area contributed by atoms with E-state index in [0.717, 1.165) is 32.4 Å². The molecular weight excluding hydrogens is 226 g/mol. The zero-order valence-corrected chi connectivity index (χ0v) is 11.0. The van der Waals surface area contributed by atoms with Gasteiger partial charge in [-0.2, -0.15) is 0 Å². The topological polar surface area (TPSA) is 48.4 Å². The van der Waals surface area contributed by atoms with E-state index in [9.17, 15) is 0 Å². The van der Waals surface area contributed by atoms with Crippen LogP contribution >= 0.6 is 0 Å². The minimum atomic E-state index is 0.268. The Hall–Kier alpha value is -1.13. The maximum absolute atomic E-state index is 8.90. The van der Waals surface area contributed by atoms with Crippen molar-refractivity contribution < 1.29 is 5.11 Å². The molecule has 1 aromatic rings. The molecular formula is C14H23N3O. The molecule has 4 nitrogen and oxygen atoms in total. The van der Waals surface area contributed by atoms with Crippen molar-refractivity contribution in [3.63, 3.8) is 0 Å². The number of aliphatic hydroxyl groups excluding tert-OH is 1. The molecule has 0 saturated carbocycles. The number of rotatable bonds is 5. The number of aliphatic hydroxyl groups is 1. The molecule has 2 N–H and O–H groups in total. The lowest BCUT2D eigenvalue weighted by atomic mass is 10.0. The lowest BCUT2D eigenvalue weighted by Gasteiger charge is -2.35. The Balaban J connectivity index is 1.78. The fraction of sp³-hybridized carbons (Fsp3) is 0.643. The first kappa shape index (κ1) is 13.3. The third-order valence-corrected chi connectivity index (χ3v) is 3.61. The number of hydrogen-bond acceptors (Lipinski definition) is 4. The van der Waals surface area contributed by atoms with Crippen LogP contribution in [0.1, 0.15) is 26.2 Å². The SMILES string of the molecule is CC(CCO)NC1CCN(c2ccncc2)CC1. The van der Waals surface area contributed by atoms with Gasteiger partial charge in [-0.3, -0.25) is 4.98 Å². The standard InChI is InChI=1S/C14H23N3O/c1-12(6-11-18)16-13-4-9-17(10-5-13)14-2-7-15-8-3-14/h2-3,7-8,12-13,16,18H,4-6,9-11H2,1H3. The van der Waals surface area contributed by atoms with Gasteiger partial charge in [0.05, 0.1) is 0 Å². The molecule has 2 rings (SSSR count). The van der Waals surface area contributed by atoms with Gasteiger partial charge in [0.25, 0.3) is 0 Å². The van der Waals surface area contributed by atoms with Crippen LogP contribution in [0.5, 0.6) is 0 Å². The molecule has 0 spiro atoms. The van der Waals surface area contributed by atoms with E-state index in [1.54, 1.807) is 0 Å². The van der Waals surface area contributed by atoms with Crippen molar-refractivity contribution in [1.29, 1.82) is 0 Å². The summed E-state index contributed by atoms with van der Waals surface area (Å²) in [5, 5.41) is 12.5. The minimum Gasteiger partial charge on any atom is -0.396 e. The van der Waals surface area contributed by atoms with Crippen LogP contribution < -0.4 is 10.2 Å². The third-order valence-electron chi connectivity index (χ3n) is 3.61. The van der Waals surface area contributed by atoms with Gasteiger partial charge in [-0.05, 0) is 38.3 Å². The normalized spacial score (nSPS) is 18.9. The summed E-state index contributed by atoms with van der Waals surface area (Å²) in [4.78, 5) is 6.47. The van der Waals surface area contributed by atoms with E-state index in [1.165, 1.54) is 5.69 Å². The second-order valence-corrected chi connectivity index (χ2v) is 5.05. The Labute approximate surface area is 109 Å². The summed E-state index contributed by atoms with van der Waals surface area (Å²) in [5.41, 5.74) is 1.27. The van der Waals surface area contributed by atoms with Gasteiger partial charge >= 0.3 is 0 Å². The van der Waals surface area contributed by atoms with Gasteiger partial charge < -0.3 is 15.3 Å². The summed E-state index contributed by atoms with van der Waals surface area (Å²) in [7, 11) is 0. The molecule has 1 fully saturated rings. The monoisotopic (exact) mass is 249 g/mol. The van der Waals surface area contributed by atoms with Crippen LogP contribution in [0, 0.1) is 0 Å². The van der Waals surface area contributed by atoms with Crippen LogP contribution in [-0.2, 0) is 0 Å². The van der Waals surface area contributed by atoms with Crippen LogP contribution in [0.3, 0.4) is 0 Å². The number of nitrogens with zero attached hydrogens (tertiary/aromatic N) is 2. The van der Waals surface area contributed by atoms with Gasteiger partial charge in [0.2, 0.25) is 0 Å². The number of nitrogens with one attached hydrogen (secondary N) is 1. The van der Waals surface area contributed by atoms with E-state index in [2.05, 4.69) is 34.3 Å². The van der Waals surface area contributed by atoms with E-state index in [1.807, 2.05) is 12.4 Å². The quantitative estimate of drug-likeness (QED) is 0.828. The highest BCUT2D eigenvalue weighted by atomic mass is 16.3. The van der Waals surface area contributed by atoms with E-state index < -0.39 is 0 Å². The first-order chi connectivity index (χ1) is 8.79. The molecule has 4 heteroatoms. The van der Waals surface area contributed by atoms with Crippen LogP contribution in [0.15, 0.2) is 24.5 Å². The van der Waals surface area contributed by atoms with E-state index in [4.69, 9.17) is 5.11 Å². The lowest BCUT2D eigenvalue weighted by molar-refractivity contribution is 0.257. The fourth-order valence-corrected chi connectivity index (χ4v) is 2.54. The second kappa shape index (κ2) is 6.71. The molecule has 18 heavy (non-hydrogen) atoms. The first-order valence-corrected chi connectivity index (χ1v) is 6.81. The zero-order chi connectivity index (χ0) is 12.8. The largest absolute Gasteiger partial charge is 0.396 e. The van der Waals surface area contributed by atoms with Gasteiger partial charge in [-0.1, -0.05) is 0 Å². The fourth-order valence-electron chi connectivity index (χ4n) is 2.54. The van der Waals surface area contributed by atoms with Crippen molar-refractivity contribution in [1.82, 2.24) is 10.3 Å². The number of hydrogen-bond donors (Lipinski definition) is 2. The Bertz CT molecular complexity index is 336. The Morgan fingerprint density at radius 2 is 2.06 bits per heavy atom. The van der Waals surface area contributed by atoms with Crippen molar-refractivity contribution >= 4 is 5.69 Å². The zero-order valence-electron chi connectivity index (χ0n) is 11.0. The molecule has 1 unspecified atom stereocenters. The molecule has 2 heterocycles. The maximum atomic E-state index is 8.90. The van der Waals surface area contributed by atoms with Gasteiger partial charge in [0.1, 0.15) is 0 Å². The summed E-state index contributed by atoms with van der Waals surface area (Å²) in [6, 6.07) is 5.14. The van der Waals surface area contributed by atoms with Crippen LogP contribution in [0.25, 0.3) is 0 Å². The van der Waals surface area contributed by atoms with E-state index in [0.29, 0.717) is 12.1 Å². The van der Waals surface area contributed by atoms with Crippen molar-refractivity contribution in [2.24, 2.45) is 0 Å². The molecule has 0 amide bonds. The molecule has 1 aliphatic rings. The molecule has 1 aromatic heterocycles. The van der Waals surface area contributed by atoms with Crippen molar-refractivity contribution in [2.45, 2.75) is 38.3 Å². The minimum absolute atomic E-state index is 0.268. The average molecular weight is 249 g/mol. The Morgan fingerprint density at radius 1 is 1.39 bits per heavy atom. The molecule has 0 radical (unpaired) electrons. The van der Waals surface area contributed by atoms with Gasteiger partial charge in [-0.25, -0.2) is 0 Å². The van der Waals surface area contributed by atoms with Crippen molar-refractivity contribution in [2.75, 3.05) is 24.6 Å². The predicted octanol–water partition coefficient (Wildman–Crippen LogP) is 1.41. The Kier molecular flexibility index (Phi) is 4.96. The summed E-state index contributed by atoms with van der Waals surface area (Å²) in [6.07, 6.45) is 6.87. The lowest BCUT2D eigenvalue weighted by Crippen LogP contribution is -2.45. The molecule has 0 bridgehead atoms. The van der Waals surface area contributed by atoms with Gasteiger partial charge in [0, 0.05) is 49.9 Å². The number of aromatic nitrogens is 1. The second-order valence-electron chi connectivity index (χ2n) is 5.05. The molecule has 1 atom stereocenters. The van der Waals surface area contributed by atoms with Crippen molar-refractivity contribution in [3.05, 3.63) is 24.5 Å². The maximum Gasteiger partial charge on any atom is 0.0445 e. The number of piperidine rings is 1. The molecule has 0 aromatic carbocycles. The first-order valence-electron chi connectivity index (χ1n) is 6.81. The van der Waals surface area contributed by atoms with Crippen LogP contribution in [0.4, 0.5) is 5.69 Å². The summed E-state index contributed by atoms with van der Waals surface area (Å²) < 4.78 is 0. The molecule has 100 valence electrons. The molecule has 1 aliphatic heterocycles. The summed E-state index contributed by atoms with van der Waals surface area (Å²) in [6.45, 7) is 4.59. The van der Waals surface area contributed by atoms with Gasteiger partial charge in [0.15, 0.2) is 0 Å². The third kappa shape index (κ3) is 3.68. The smallest absolute Gasteiger partial charge is 0.0445 e. The van der Waals surface area contributed by atoms with E-state index >= 15 is 0 Å². The van der Waals surface area contributed by atoms with Crippen LogP contribution in [-0.4, -0.2) is 41.9 Å². The van der Waals surface area contributed by atoms with Crippen molar-refractivity contribution in [3.8, 4) is 0 Å².